The lowest BCUT2D eigenvalue weighted by molar-refractivity contribution is 0.559. The Morgan fingerprint density at radius 1 is 1.25 bits per heavy atom. The van der Waals surface area contributed by atoms with Crippen LogP contribution in [0.25, 0.3) is 21.7 Å². The predicted octanol–water partition coefficient (Wildman–Crippen LogP) is 5.30. The summed E-state index contributed by atoms with van der Waals surface area (Å²) in [5.41, 5.74) is 2.49. The van der Waals surface area contributed by atoms with Crippen LogP contribution < -0.4 is 5.63 Å². The van der Waals surface area contributed by atoms with Crippen molar-refractivity contribution < 1.29 is 4.42 Å². The summed E-state index contributed by atoms with van der Waals surface area (Å²) >= 11 is 3.32. The molecule has 0 bridgehead atoms. The van der Waals surface area contributed by atoms with E-state index in [9.17, 15) is 4.79 Å². The molecule has 4 aromatic rings. The normalized spacial score (nSPS) is 14.0. The van der Waals surface area contributed by atoms with Crippen LogP contribution in [0.2, 0.25) is 0 Å². The zero-order valence-corrected chi connectivity index (χ0v) is 17.1. The summed E-state index contributed by atoms with van der Waals surface area (Å²) in [6.45, 7) is 2.09. The first-order valence-electron chi connectivity index (χ1n) is 9.40. The number of rotatable bonds is 6. The molecule has 0 radical (unpaired) electrons. The van der Waals surface area contributed by atoms with Gasteiger partial charge in [0.1, 0.15) is 5.58 Å². The van der Waals surface area contributed by atoms with Crippen LogP contribution in [0.15, 0.2) is 56.1 Å². The molecule has 142 valence electrons. The van der Waals surface area contributed by atoms with Gasteiger partial charge in [0.2, 0.25) is 0 Å². The standard InChI is InChI=1S/C21H19N3O2S2/c1-2-13-5-8-16-14(11-19(25)26-17(16)10-13)12-28-21-23-22-20(18-4-3-9-27-18)24(21)15-6-7-15/h3-5,8-11,15H,2,6-7,12H2,1H3. The first-order valence-corrected chi connectivity index (χ1v) is 11.3. The summed E-state index contributed by atoms with van der Waals surface area (Å²) in [4.78, 5) is 13.2. The summed E-state index contributed by atoms with van der Waals surface area (Å²) < 4.78 is 7.69. The molecule has 1 aliphatic rings. The zero-order chi connectivity index (χ0) is 19.1. The summed E-state index contributed by atoms with van der Waals surface area (Å²) in [5, 5.41) is 12.9. The maximum atomic E-state index is 12.1. The number of thioether (sulfide) groups is 1. The molecule has 0 N–H and O–H groups in total. The maximum absolute atomic E-state index is 12.1. The van der Waals surface area contributed by atoms with Crippen molar-refractivity contribution >= 4 is 34.1 Å². The molecule has 5 rings (SSSR count). The van der Waals surface area contributed by atoms with Gasteiger partial charge in [0.25, 0.3) is 0 Å². The van der Waals surface area contributed by atoms with Gasteiger partial charge in [-0.1, -0.05) is 36.9 Å². The van der Waals surface area contributed by atoms with Gasteiger partial charge in [0.15, 0.2) is 11.0 Å². The zero-order valence-electron chi connectivity index (χ0n) is 15.4. The van der Waals surface area contributed by atoms with Crippen molar-refractivity contribution in [3.63, 3.8) is 0 Å². The smallest absolute Gasteiger partial charge is 0.336 e. The average Bonchev–Trinajstić information content (AvgIpc) is 3.23. The molecule has 7 heteroatoms. The lowest BCUT2D eigenvalue weighted by atomic mass is 10.1. The SMILES string of the molecule is CCc1ccc2c(CSc3nnc(-c4cccs4)n3C3CC3)cc(=O)oc2c1. The highest BCUT2D eigenvalue weighted by Crippen LogP contribution is 2.42. The second-order valence-corrected chi connectivity index (χ2v) is 8.84. The van der Waals surface area contributed by atoms with E-state index < -0.39 is 0 Å². The predicted molar refractivity (Wildman–Crippen MR) is 113 cm³/mol. The van der Waals surface area contributed by atoms with E-state index in [1.54, 1.807) is 29.2 Å². The molecule has 0 amide bonds. The molecule has 0 unspecified atom stereocenters. The Kier molecular flexibility index (Phi) is 4.56. The summed E-state index contributed by atoms with van der Waals surface area (Å²) in [6.07, 6.45) is 3.25. The molecule has 1 aliphatic carbocycles. The molecule has 1 saturated carbocycles. The number of hydrogen-bond donors (Lipinski definition) is 0. The average molecular weight is 410 g/mol. The number of fused-ring (bicyclic) bond motifs is 1. The Morgan fingerprint density at radius 2 is 2.14 bits per heavy atom. The third-order valence-electron chi connectivity index (χ3n) is 4.98. The molecule has 5 nitrogen and oxygen atoms in total. The minimum atomic E-state index is -0.306. The molecule has 0 atom stereocenters. The van der Waals surface area contributed by atoms with Crippen molar-refractivity contribution in [2.24, 2.45) is 0 Å². The largest absolute Gasteiger partial charge is 0.423 e. The van der Waals surface area contributed by atoms with Gasteiger partial charge in [0.05, 0.1) is 4.88 Å². The van der Waals surface area contributed by atoms with E-state index in [0.717, 1.165) is 38.8 Å². The summed E-state index contributed by atoms with van der Waals surface area (Å²) in [6, 6.07) is 12.3. The second kappa shape index (κ2) is 7.22. The monoisotopic (exact) mass is 409 g/mol. The van der Waals surface area contributed by atoms with Crippen molar-refractivity contribution in [3.8, 4) is 10.7 Å². The highest BCUT2D eigenvalue weighted by molar-refractivity contribution is 7.98. The lowest BCUT2D eigenvalue weighted by Gasteiger charge is -2.09. The molecule has 0 aliphatic heterocycles. The van der Waals surface area contributed by atoms with Crippen molar-refractivity contribution in [2.45, 2.75) is 43.1 Å². The van der Waals surface area contributed by atoms with Crippen LogP contribution in [0.1, 0.15) is 36.9 Å². The number of aromatic nitrogens is 3. The van der Waals surface area contributed by atoms with Crippen LogP contribution in [0.4, 0.5) is 0 Å². The fourth-order valence-electron chi connectivity index (χ4n) is 3.37. The maximum Gasteiger partial charge on any atom is 0.336 e. The third kappa shape index (κ3) is 3.29. The highest BCUT2D eigenvalue weighted by Gasteiger charge is 2.30. The van der Waals surface area contributed by atoms with Gasteiger partial charge in [-0.25, -0.2) is 4.79 Å². The second-order valence-electron chi connectivity index (χ2n) is 6.95. The Labute approximate surface area is 170 Å². The highest BCUT2D eigenvalue weighted by atomic mass is 32.2. The van der Waals surface area contributed by atoms with Crippen molar-refractivity contribution in [3.05, 3.63) is 63.3 Å². The number of nitrogens with zero attached hydrogens (tertiary/aromatic N) is 3. The lowest BCUT2D eigenvalue weighted by Crippen LogP contribution is -2.02. The van der Waals surface area contributed by atoms with Gasteiger partial charge >= 0.3 is 5.63 Å². The Hall–Kier alpha value is -2.38. The van der Waals surface area contributed by atoms with E-state index in [-0.39, 0.29) is 5.63 Å². The molecule has 3 aromatic heterocycles. The molecule has 0 spiro atoms. The number of hydrogen-bond acceptors (Lipinski definition) is 6. The number of aryl methyl sites for hydroxylation is 1. The molecule has 3 heterocycles. The van der Waals surface area contributed by atoms with Gasteiger partial charge in [-0.05, 0) is 47.9 Å². The molecular weight excluding hydrogens is 390 g/mol. The fourth-order valence-corrected chi connectivity index (χ4v) is 5.07. The Morgan fingerprint density at radius 3 is 2.89 bits per heavy atom. The van der Waals surface area contributed by atoms with Crippen LogP contribution >= 0.6 is 23.1 Å². The van der Waals surface area contributed by atoms with Gasteiger partial charge in [-0.3, -0.25) is 4.57 Å². The van der Waals surface area contributed by atoms with E-state index >= 15 is 0 Å². The van der Waals surface area contributed by atoms with Crippen LogP contribution in [-0.4, -0.2) is 14.8 Å². The van der Waals surface area contributed by atoms with Crippen molar-refractivity contribution in [1.29, 1.82) is 0 Å². The van der Waals surface area contributed by atoms with E-state index in [1.807, 2.05) is 12.1 Å². The van der Waals surface area contributed by atoms with E-state index in [0.29, 0.717) is 17.4 Å². The van der Waals surface area contributed by atoms with E-state index in [4.69, 9.17) is 4.42 Å². The third-order valence-corrected chi connectivity index (χ3v) is 6.84. The Balaban J connectivity index is 1.48. The first-order chi connectivity index (χ1) is 13.7. The number of benzene rings is 1. The molecule has 28 heavy (non-hydrogen) atoms. The van der Waals surface area contributed by atoms with Crippen LogP contribution in [-0.2, 0) is 12.2 Å². The minimum absolute atomic E-state index is 0.306. The summed E-state index contributed by atoms with van der Waals surface area (Å²) in [5.74, 6) is 1.60. The van der Waals surface area contributed by atoms with Crippen LogP contribution in [0.3, 0.4) is 0 Å². The van der Waals surface area contributed by atoms with Crippen molar-refractivity contribution in [1.82, 2.24) is 14.8 Å². The molecular formula is C21H19N3O2S2. The topological polar surface area (TPSA) is 60.9 Å². The van der Waals surface area contributed by atoms with Gasteiger partial charge in [-0.15, -0.1) is 21.5 Å². The quantitative estimate of drug-likeness (QED) is 0.319. The summed E-state index contributed by atoms with van der Waals surface area (Å²) in [7, 11) is 0. The van der Waals surface area contributed by atoms with Gasteiger partial charge < -0.3 is 4.42 Å². The molecule has 1 aromatic carbocycles. The minimum Gasteiger partial charge on any atom is -0.423 e. The van der Waals surface area contributed by atoms with Gasteiger partial charge in [-0.2, -0.15) is 0 Å². The van der Waals surface area contributed by atoms with E-state index in [1.165, 1.54) is 12.8 Å². The Bertz CT molecular complexity index is 1190. The molecule has 0 saturated heterocycles. The van der Waals surface area contributed by atoms with Crippen LogP contribution in [0, 0.1) is 0 Å². The number of thiophene rings is 1. The van der Waals surface area contributed by atoms with E-state index in [2.05, 4.69) is 45.3 Å². The first kappa shape index (κ1) is 17.7. The van der Waals surface area contributed by atoms with Gasteiger partial charge in [0, 0.05) is 23.2 Å². The molecule has 1 fully saturated rings. The fraction of sp³-hybridized carbons (Fsp3) is 0.286. The van der Waals surface area contributed by atoms with Crippen molar-refractivity contribution in [2.75, 3.05) is 0 Å². The van der Waals surface area contributed by atoms with Crippen LogP contribution in [0.5, 0.6) is 0 Å².